The molecule has 4 N–H and O–H groups in total. The highest BCUT2D eigenvalue weighted by atomic mass is 16.5. The molecule has 0 bridgehead atoms. The number of amides is 2. The number of ether oxygens (including phenoxy) is 1. The van der Waals surface area contributed by atoms with Crippen molar-refractivity contribution in [1.82, 2.24) is 19.8 Å². The van der Waals surface area contributed by atoms with E-state index in [9.17, 15) is 19.2 Å². The third-order valence-electron chi connectivity index (χ3n) is 5.92. The fraction of sp³-hybridized carbons (Fsp3) is 0.739. The number of unbranched alkanes of at least 4 members (excludes halogenated alkanes) is 1. The first-order chi connectivity index (χ1) is 16.2. The lowest BCUT2D eigenvalue weighted by Crippen LogP contribution is -2.49. The second-order valence-electron chi connectivity index (χ2n) is 9.25. The Morgan fingerprint density at radius 2 is 2.06 bits per heavy atom. The maximum Gasteiger partial charge on any atom is 0.330 e. The molecule has 192 valence electrons. The average molecular weight is 481 g/mol. The summed E-state index contributed by atoms with van der Waals surface area (Å²) in [5.41, 5.74) is 4.88. The number of methoxy groups -OCH3 is 1. The molecule has 2 heterocycles. The van der Waals surface area contributed by atoms with E-state index in [-0.39, 0.29) is 54.9 Å². The molecule has 2 rings (SSSR count). The Morgan fingerprint density at radius 1 is 1.32 bits per heavy atom. The largest absolute Gasteiger partial charge is 0.383 e. The number of anilines is 2. The zero-order valence-corrected chi connectivity index (χ0v) is 20.9. The van der Waals surface area contributed by atoms with Crippen LogP contribution in [-0.4, -0.2) is 72.7 Å². The zero-order chi connectivity index (χ0) is 25.3. The lowest BCUT2D eigenvalue weighted by atomic mass is 9.97. The summed E-state index contributed by atoms with van der Waals surface area (Å²) < 4.78 is 6.43. The first kappa shape index (κ1) is 27.6. The number of nitrogens with one attached hydrogen (secondary N) is 2. The van der Waals surface area contributed by atoms with Gasteiger partial charge < -0.3 is 20.7 Å². The second kappa shape index (κ2) is 13.3. The van der Waals surface area contributed by atoms with Gasteiger partial charge in [0.25, 0.3) is 5.56 Å². The summed E-state index contributed by atoms with van der Waals surface area (Å²) in [6.45, 7) is 8.37. The van der Waals surface area contributed by atoms with Gasteiger partial charge in [-0.2, -0.15) is 0 Å². The van der Waals surface area contributed by atoms with Gasteiger partial charge in [0.1, 0.15) is 5.82 Å². The molecule has 11 heteroatoms. The molecule has 0 radical (unpaired) electrons. The van der Waals surface area contributed by atoms with Crippen LogP contribution in [0.1, 0.15) is 46.5 Å². The van der Waals surface area contributed by atoms with Crippen molar-refractivity contribution >= 4 is 23.3 Å². The van der Waals surface area contributed by atoms with E-state index in [1.165, 1.54) is 16.6 Å². The second-order valence-corrected chi connectivity index (χ2v) is 9.25. The van der Waals surface area contributed by atoms with Crippen molar-refractivity contribution in [3.8, 4) is 0 Å². The standard InChI is InChI=1S/C23H40N6O5/c1-5-6-9-25-21(31)17-8-7-10-27(14-17)15-18(30)28(11-12-34-4)19-20(24)29(13-16(2)3)23(33)26-22(19)32/h16-17H,5-15,24H2,1-4H3,(H,25,31)(H,26,32,33). The summed E-state index contributed by atoms with van der Waals surface area (Å²) in [4.78, 5) is 56.4. The van der Waals surface area contributed by atoms with Gasteiger partial charge in [-0.15, -0.1) is 0 Å². The van der Waals surface area contributed by atoms with Crippen LogP contribution in [0, 0.1) is 11.8 Å². The van der Waals surface area contributed by atoms with E-state index in [2.05, 4.69) is 17.2 Å². The zero-order valence-electron chi connectivity index (χ0n) is 20.9. The minimum absolute atomic E-state index is 0.0169. The molecular formula is C23H40N6O5. The van der Waals surface area contributed by atoms with Gasteiger partial charge in [0.05, 0.1) is 19.1 Å². The Morgan fingerprint density at radius 3 is 2.71 bits per heavy atom. The molecule has 0 aliphatic carbocycles. The summed E-state index contributed by atoms with van der Waals surface area (Å²) in [5.74, 6) is -0.430. The van der Waals surface area contributed by atoms with E-state index in [4.69, 9.17) is 10.5 Å². The van der Waals surface area contributed by atoms with Crippen LogP contribution in [0.5, 0.6) is 0 Å². The number of rotatable bonds is 12. The number of piperidine rings is 1. The van der Waals surface area contributed by atoms with Gasteiger partial charge in [-0.1, -0.05) is 27.2 Å². The Kier molecular flexibility index (Phi) is 10.8. The molecule has 1 aliphatic heterocycles. The van der Waals surface area contributed by atoms with Crippen molar-refractivity contribution in [2.45, 2.75) is 53.0 Å². The highest BCUT2D eigenvalue weighted by Gasteiger charge is 2.30. The van der Waals surface area contributed by atoms with Gasteiger partial charge in [0.15, 0.2) is 5.69 Å². The van der Waals surface area contributed by atoms with Crippen molar-refractivity contribution < 1.29 is 14.3 Å². The van der Waals surface area contributed by atoms with Gasteiger partial charge in [-0.3, -0.25) is 28.8 Å². The normalized spacial score (nSPS) is 16.6. The molecule has 0 aromatic carbocycles. The maximum atomic E-state index is 13.4. The number of aromatic nitrogens is 2. The van der Waals surface area contributed by atoms with Crippen molar-refractivity contribution in [1.29, 1.82) is 0 Å². The quantitative estimate of drug-likeness (QED) is 0.367. The van der Waals surface area contributed by atoms with E-state index in [0.29, 0.717) is 26.2 Å². The van der Waals surface area contributed by atoms with E-state index in [1.807, 2.05) is 18.7 Å². The third-order valence-corrected chi connectivity index (χ3v) is 5.92. The van der Waals surface area contributed by atoms with Gasteiger partial charge in [0, 0.05) is 33.3 Å². The van der Waals surface area contributed by atoms with Gasteiger partial charge in [-0.05, 0) is 31.7 Å². The average Bonchev–Trinajstić information content (AvgIpc) is 2.78. The first-order valence-electron chi connectivity index (χ1n) is 12.1. The molecule has 1 aromatic heterocycles. The number of nitrogens with zero attached hydrogens (tertiary/aromatic N) is 3. The van der Waals surface area contributed by atoms with Crippen LogP contribution in [0.3, 0.4) is 0 Å². The summed E-state index contributed by atoms with van der Waals surface area (Å²) in [7, 11) is 1.50. The number of nitrogen functional groups attached to an aromatic ring is 1. The van der Waals surface area contributed by atoms with Gasteiger partial charge in [-0.25, -0.2) is 4.79 Å². The van der Waals surface area contributed by atoms with Crippen LogP contribution in [0.2, 0.25) is 0 Å². The fourth-order valence-electron chi connectivity index (χ4n) is 4.15. The highest BCUT2D eigenvalue weighted by Crippen LogP contribution is 2.20. The number of H-pyrrole nitrogens is 1. The third kappa shape index (κ3) is 7.42. The number of hydrogen-bond acceptors (Lipinski definition) is 7. The molecule has 0 spiro atoms. The Labute approximate surface area is 200 Å². The SMILES string of the molecule is CCCCNC(=O)C1CCCN(CC(=O)N(CCOC)c2c(N)n(CC(C)C)c(=O)[nH]c2=O)C1. The Hall–Kier alpha value is -2.66. The molecule has 34 heavy (non-hydrogen) atoms. The molecule has 1 unspecified atom stereocenters. The molecule has 11 nitrogen and oxygen atoms in total. The summed E-state index contributed by atoms with van der Waals surface area (Å²) in [6, 6.07) is 0. The monoisotopic (exact) mass is 480 g/mol. The van der Waals surface area contributed by atoms with Crippen LogP contribution in [0.4, 0.5) is 11.5 Å². The Bertz CT molecular complexity index is 941. The molecule has 1 atom stereocenters. The van der Waals surface area contributed by atoms with E-state index in [0.717, 1.165) is 25.7 Å². The molecule has 1 aliphatic rings. The fourth-order valence-corrected chi connectivity index (χ4v) is 4.15. The number of aromatic amines is 1. The first-order valence-corrected chi connectivity index (χ1v) is 12.1. The van der Waals surface area contributed by atoms with Crippen molar-refractivity contribution in [2.75, 3.05) is 57.1 Å². The van der Waals surface area contributed by atoms with E-state index >= 15 is 0 Å². The van der Waals surface area contributed by atoms with Crippen molar-refractivity contribution in [3.63, 3.8) is 0 Å². The molecule has 0 saturated carbocycles. The van der Waals surface area contributed by atoms with Crippen LogP contribution in [-0.2, 0) is 20.9 Å². The van der Waals surface area contributed by atoms with Gasteiger partial charge >= 0.3 is 5.69 Å². The van der Waals surface area contributed by atoms with Crippen molar-refractivity contribution in [3.05, 3.63) is 20.8 Å². The van der Waals surface area contributed by atoms with E-state index in [1.54, 1.807) is 0 Å². The number of likely N-dealkylation sites (tertiary alicyclic amines) is 1. The van der Waals surface area contributed by atoms with Crippen LogP contribution in [0.15, 0.2) is 9.59 Å². The lowest BCUT2D eigenvalue weighted by Gasteiger charge is -2.33. The summed E-state index contributed by atoms with van der Waals surface area (Å²) in [6.07, 6.45) is 3.53. The van der Waals surface area contributed by atoms with Crippen LogP contribution < -0.4 is 27.2 Å². The number of carbonyl (C=O) groups is 2. The topological polar surface area (TPSA) is 143 Å². The number of carbonyl (C=O) groups excluding carboxylic acids is 2. The van der Waals surface area contributed by atoms with Crippen LogP contribution in [0.25, 0.3) is 0 Å². The number of nitrogens with two attached hydrogens (primary N) is 1. The molecule has 1 aromatic rings. The molecule has 2 amide bonds. The smallest absolute Gasteiger partial charge is 0.330 e. The van der Waals surface area contributed by atoms with Crippen LogP contribution >= 0.6 is 0 Å². The molecule has 1 fully saturated rings. The minimum atomic E-state index is -0.709. The summed E-state index contributed by atoms with van der Waals surface area (Å²) >= 11 is 0. The minimum Gasteiger partial charge on any atom is -0.383 e. The van der Waals surface area contributed by atoms with Gasteiger partial charge in [0.2, 0.25) is 11.8 Å². The Balaban J connectivity index is 2.23. The maximum absolute atomic E-state index is 13.4. The number of hydrogen-bond donors (Lipinski definition) is 3. The predicted octanol–water partition coefficient (Wildman–Crippen LogP) is 0.383. The highest BCUT2D eigenvalue weighted by molar-refractivity contribution is 5.97. The lowest BCUT2D eigenvalue weighted by molar-refractivity contribution is -0.128. The van der Waals surface area contributed by atoms with E-state index < -0.39 is 11.2 Å². The van der Waals surface area contributed by atoms with Crippen molar-refractivity contribution in [2.24, 2.45) is 11.8 Å². The molecule has 1 saturated heterocycles. The molecular weight excluding hydrogens is 440 g/mol. The predicted molar refractivity (Wildman–Crippen MR) is 132 cm³/mol. The summed E-state index contributed by atoms with van der Waals surface area (Å²) in [5, 5.41) is 2.97.